The third-order valence-corrected chi connectivity index (χ3v) is 9.60. The van der Waals surface area contributed by atoms with Crippen LogP contribution in [0.15, 0.2) is 52.5 Å². The predicted molar refractivity (Wildman–Crippen MR) is 179 cm³/mol. The van der Waals surface area contributed by atoms with Crippen molar-refractivity contribution in [2.24, 2.45) is 34.0 Å². The van der Waals surface area contributed by atoms with Crippen LogP contribution in [0, 0.1) is 36.5 Å². The Morgan fingerprint density at radius 3 is 2.02 bits per heavy atom. The van der Waals surface area contributed by atoms with Crippen LogP contribution in [0.25, 0.3) is 0 Å². The van der Waals surface area contributed by atoms with Gasteiger partial charge in [0.2, 0.25) is 0 Å². The molecule has 0 N–H and O–H groups in total. The molecule has 0 aromatic heterocycles. The fourth-order valence-corrected chi connectivity index (χ4v) is 7.29. The topological polar surface area (TPSA) is 29.4 Å². The average Bonchev–Trinajstić information content (AvgIpc) is 3.22. The van der Waals surface area contributed by atoms with Crippen molar-refractivity contribution < 1.29 is 4.79 Å². The van der Waals surface area contributed by atoms with Gasteiger partial charge in [-0.1, -0.05) is 108 Å². The van der Waals surface area contributed by atoms with Gasteiger partial charge in [-0.05, 0) is 106 Å². The van der Waals surface area contributed by atoms with Crippen LogP contribution >= 0.6 is 12.8 Å². The number of allylic oxidation sites excluding steroid dienone is 4. The lowest BCUT2D eigenvalue weighted by molar-refractivity contribution is -0.118. The Bertz CT molecular complexity index is 927. The average molecular weight is 566 g/mol. The van der Waals surface area contributed by atoms with Crippen molar-refractivity contribution in [3.05, 3.63) is 59.2 Å². The summed E-state index contributed by atoms with van der Waals surface area (Å²) in [5.74, 6) is 4.17. The van der Waals surface area contributed by atoms with Gasteiger partial charge in [-0.2, -0.15) is 0 Å². The number of hydrogen-bond acceptors (Lipinski definition) is 3. The summed E-state index contributed by atoms with van der Waals surface area (Å²) < 4.78 is 4.47. The molecule has 2 saturated carbocycles. The fraction of sp³-hybridized carbons (Fsp3) is 0.676. The van der Waals surface area contributed by atoms with Crippen molar-refractivity contribution in [2.75, 3.05) is 0 Å². The van der Waals surface area contributed by atoms with E-state index in [0.717, 1.165) is 49.0 Å². The van der Waals surface area contributed by atoms with Gasteiger partial charge >= 0.3 is 0 Å². The van der Waals surface area contributed by atoms with Crippen molar-refractivity contribution >= 4 is 24.3 Å². The molecule has 0 heterocycles. The molecule has 2 fully saturated rings. The van der Waals surface area contributed by atoms with Gasteiger partial charge in [0.05, 0.1) is 5.71 Å². The quantitative estimate of drug-likeness (QED) is 0.296. The highest BCUT2D eigenvalue weighted by Crippen LogP contribution is 2.42. The Labute approximate surface area is 253 Å². The minimum Gasteiger partial charge on any atom is -0.299 e. The second-order valence-electron chi connectivity index (χ2n) is 12.0. The molecule has 3 aliphatic carbocycles. The molecule has 3 aliphatic rings. The Hall–Kier alpha value is -1.61. The van der Waals surface area contributed by atoms with Crippen LogP contribution in [-0.4, -0.2) is 11.5 Å². The molecular weight excluding hydrogens is 506 g/mol. The molecule has 1 unspecified atom stereocenters. The highest BCUT2D eigenvalue weighted by atomic mass is 32.1. The number of aryl methyl sites for hydroxylation is 1. The zero-order valence-corrected chi connectivity index (χ0v) is 27.5. The molecule has 40 heavy (non-hydrogen) atoms. The van der Waals surface area contributed by atoms with Crippen molar-refractivity contribution in [1.29, 1.82) is 0 Å². The van der Waals surface area contributed by atoms with Crippen LogP contribution in [-0.2, 0) is 11.2 Å². The van der Waals surface area contributed by atoms with Crippen LogP contribution in [0.1, 0.15) is 129 Å². The van der Waals surface area contributed by atoms with E-state index in [1.54, 1.807) is 0 Å². The van der Waals surface area contributed by atoms with Gasteiger partial charge < -0.3 is 0 Å². The zero-order valence-electron chi connectivity index (χ0n) is 26.6. The molecule has 2 nitrogen and oxygen atoms in total. The lowest BCUT2D eigenvalue weighted by Gasteiger charge is -2.35. The summed E-state index contributed by atoms with van der Waals surface area (Å²) in [5.41, 5.74) is 5.15. The minimum atomic E-state index is 0.411. The predicted octanol–water partition coefficient (Wildman–Crippen LogP) is 11.1. The maximum absolute atomic E-state index is 12.5. The van der Waals surface area contributed by atoms with E-state index in [9.17, 15) is 4.79 Å². The van der Waals surface area contributed by atoms with E-state index in [4.69, 9.17) is 0 Å². The van der Waals surface area contributed by atoms with Crippen molar-refractivity contribution in [3.63, 3.8) is 0 Å². The molecule has 224 valence electrons. The summed E-state index contributed by atoms with van der Waals surface area (Å²) >= 11 is 4.37. The highest BCUT2D eigenvalue weighted by Gasteiger charge is 2.31. The molecule has 0 saturated heterocycles. The number of carbonyl (C=O) groups excluding carboxylic acids is 1. The first-order valence-electron chi connectivity index (χ1n) is 16.7. The lowest BCUT2D eigenvalue weighted by atomic mass is 9.70. The Balaban J connectivity index is 0.00000134. The van der Waals surface area contributed by atoms with Gasteiger partial charge in [0.1, 0.15) is 5.78 Å². The van der Waals surface area contributed by atoms with Gasteiger partial charge in [-0.3, -0.25) is 4.79 Å². The van der Waals surface area contributed by atoms with E-state index in [1.165, 1.54) is 74.6 Å². The van der Waals surface area contributed by atoms with E-state index in [1.807, 2.05) is 27.7 Å². The van der Waals surface area contributed by atoms with Crippen molar-refractivity contribution in [1.82, 2.24) is 0 Å². The Morgan fingerprint density at radius 1 is 0.875 bits per heavy atom. The second-order valence-corrected chi connectivity index (χ2v) is 12.2. The Kier molecular flexibility index (Phi) is 16.9. The number of benzene rings is 1. The van der Waals surface area contributed by atoms with Gasteiger partial charge in [-0.15, -0.1) is 0 Å². The number of Topliss-reactive ketones (excluding diaryl/α,β-unsaturated/α-hetero) is 1. The number of nitrogens with zero attached hydrogens (tertiary/aromatic N) is 1. The molecule has 1 aromatic carbocycles. The number of thiol groups is 1. The molecule has 0 radical (unpaired) electrons. The van der Waals surface area contributed by atoms with Gasteiger partial charge in [0.15, 0.2) is 0 Å². The maximum Gasteiger partial charge on any atom is 0.137 e. The van der Waals surface area contributed by atoms with Crippen molar-refractivity contribution in [2.45, 2.75) is 131 Å². The van der Waals surface area contributed by atoms with Crippen LogP contribution in [0.5, 0.6) is 0 Å². The van der Waals surface area contributed by atoms with E-state index < -0.39 is 0 Å². The summed E-state index contributed by atoms with van der Waals surface area (Å²) in [5, 5.41) is 0. The smallest absolute Gasteiger partial charge is 0.137 e. The van der Waals surface area contributed by atoms with Crippen molar-refractivity contribution in [3.8, 4) is 0 Å². The van der Waals surface area contributed by atoms with Crippen LogP contribution < -0.4 is 0 Å². The van der Waals surface area contributed by atoms with Crippen LogP contribution in [0.2, 0.25) is 0 Å². The van der Waals surface area contributed by atoms with Gasteiger partial charge in [-0.25, -0.2) is 4.40 Å². The van der Waals surface area contributed by atoms with E-state index in [0.29, 0.717) is 24.0 Å². The minimum absolute atomic E-state index is 0.411. The molecule has 1 atom stereocenters. The summed E-state index contributed by atoms with van der Waals surface area (Å²) in [6.45, 7) is 12.4. The Morgan fingerprint density at radius 2 is 1.45 bits per heavy atom. The molecule has 0 aliphatic heterocycles. The summed E-state index contributed by atoms with van der Waals surface area (Å²) in [7, 11) is 0. The summed E-state index contributed by atoms with van der Waals surface area (Å²) in [6.07, 6.45) is 23.8. The number of ketones is 1. The molecule has 0 spiro atoms. The SMILES string of the molecule is CC.CC.CCC1CC=CC=C(C2CCC(CC3CCC(CCC(=O)Cc4ccc(C)cc4)CC3)CC2)/C1=N/S. The molecule has 0 bridgehead atoms. The first-order valence-corrected chi connectivity index (χ1v) is 17.1. The monoisotopic (exact) mass is 565 g/mol. The third-order valence-electron chi connectivity index (χ3n) is 9.39. The zero-order chi connectivity index (χ0) is 29.3. The fourth-order valence-electron chi connectivity index (χ4n) is 7.02. The first-order chi connectivity index (χ1) is 19.6. The number of carbonyl (C=O) groups is 1. The molecule has 1 aromatic rings. The second kappa shape index (κ2) is 19.5. The molecule has 3 heteroatoms. The van der Waals surface area contributed by atoms with E-state index in [-0.39, 0.29) is 0 Å². The summed E-state index contributed by atoms with van der Waals surface area (Å²) in [6, 6.07) is 8.42. The maximum atomic E-state index is 12.5. The number of rotatable bonds is 9. The summed E-state index contributed by atoms with van der Waals surface area (Å²) in [4.78, 5) is 12.5. The first kappa shape index (κ1) is 34.6. The van der Waals surface area contributed by atoms with Crippen LogP contribution in [0.4, 0.5) is 0 Å². The van der Waals surface area contributed by atoms with E-state index in [2.05, 4.69) is 73.6 Å². The number of hydrogen-bond donors (Lipinski definition) is 1. The molecule has 4 rings (SSSR count). The molecule has 0 amide bonds. The standard InChI is InChI=1S/C33H47NOS.2C2H6/c1-3-29-6-4-5-7-32(33(29)34-36)30-19-16-27(17-20-30)22-26-14-12-25(13-15-26)18-21-31(35)23-28-10-8-24(2)9-11-28;2*1-2/h4-5,7-11,25-27,29-30,36H,3,6,12-23H2,1-2H3;2*1-2H3/b34-33+;;. The van der Waals surface area contributed by atoms with Gasteiger partial charge in [0.25, 0.3) is 0 Å². The van der Waals surface area contributed by atoms with Gasteiger partial charge in [0, 0.05) is 18.8 Å². The molecular formula is C37H59NOS. The normalized spacial score (nSPS) is 27.4. The highest BCUT2D eigenvalue weighted by molar-refractivity contribution is 7.79. The lowest BCUT2D eigenvalue weighted by Crippen LogP contribution is -2.25. The van der Waals surface area contributed by atoms with E-state index >= 15 is 0 Å². The largest absolute Gasteiger partial charge is 0.299 e. The van der Waals surface area contributed by atoms with Crippen LogP contribution in [0.3, 0.4) is 0 Å². The third kappa shape index (κ3) is 11.0.